The Bertz CT molecular complexity index is 564. The number of aryl methyl sites for hydroxylation is 2. The quantitative estimate of drug-likeness (QED) is 0.611. The van der Waals surface area contributed by atoms with Crippen molar-refractivity contribution in [3.05, 3.63) is 34.3 Å². The Morgan fingerprint density at radius 1 is 0.875 bits per heavy atom. The van der Waals surface area contributed by atoms with Gasteiger partial charge in [-0.2, -0.15) is 0 Å². The number of aromatic nitrogens is 4. The molecule has 2 rings (SSSR count). The lowest BCUT2D eigenvalue weighted by Gasteiger charge is -2.12. The van der Waals surface area contributed by atoms with E-state index in [0.29, 0.717) is 0 Å². The molecule has 0 aliphatic heterocycles. The van der Waals surface area contributed by atoms with Gasteiger partial charge in [-0.05, 0) is 31.0 Å². The summed E-state index contributed by atoms with van der Waals surface area (Å²) in [4.78, 5) is 0. The lowest BCUT2D eigenvalue weighted by molar-refractivity contribution is 0.855. The Kier molecular flexibility index (Phi) is 3.00. The van der Waals surface area contributed by atoms with E-state index in [1.807, 2.05) is 48.0 Å². The average Bonchev–Trinajstić information content (AvgIpc) is 2.74. The SMILES string of the molecule is Cn1ccn([SiH](C)n2ccn(C)c2=S)c1=S. The minimum absolute atomic E-state index is 0.852. The van der Waals surface area contributed by atoms with Crippen LogP contribution in [0.5, 0.6) is 0 Å². The van der Waals surface area contributed by atoms with E-state index in [2.05, 4.69) is 15.0 Å². The highest BCUT2D eigenvalue weighted by atomic mass is 32.1. The molecular formula is C9H14N4S2Si. The Morgan fingerprint density at radius 2 is 1.25 bits per heavy atom. The zero-order valence-electron chi connectivity index (χ0n) is 9.49. The molecule has 7 heteroatoms. The van der Waals surface area contributed by atoms with Gasteiger partial charge in [0.25, 0.3) is 9.12 Å². The monoisotopic (exact) mass is 270 g/mol. The molecule has 2 aromatic rings. The molecule has 0 unspecified atom stereocenters. The predicted molar refractivity (Wildman–Crippen MR) is 72.3 cm³/mol. The second-order valence-corrected chi connectivity index (χ2v) is 6.94. The van der Waals surface area contributed by atoms with Crippen molar-refractivity contribution in [3.8, 4) is 0 Å². The van der Waals surface area contributed by atoms with Crippen molar-refractivity contribution in [2.24, 2.45) is 14.1 Å². The summed E-state index contributed by atoms with van der Waals surface area (Å²) >= 11 is 10.7. The van der Waals surface area contributed by atoms with E-state index < -0.39 is 9.12 Å². The van der Waals surface area contributed by atoms with Crippen LogP contribution in [-0.4, -0.2) is 26.7 Å². The first-order chi connectivity index (χ1) is 7.52. The van der Waals surface area contributed by atoms with Gasteiger partial charge in [-0.1, -0.05) is 0 Å². The highest BCUT2D eigenvalue weighted by molar-refractivity contribution is 7.71. The van der Waals surface area contributed by atoms with Crippen LogP contribution in [0.1, 0.15) is 0 Å². The molecule has 0 radical (unpaired) electrons. The van der Waals surface area contributed by atoms with Crippen LogP contribution < -0.4 is 0 Å². The summed E-state index contributed by atoms with van der Waals surface area (Å²) < 4.78 is 9.92. The van der Waals surface area contributed by atoms with Crippen molar-refractivity contribution in [1.29, 1.82) is 0 Å². The first-order valence-electron chi connectivity index (χ1n) is 4.99. The zero-order valence-corrected chi connectivity index (χ0v) is 12.3. The first kappa shape index (κ1) is 11.6. The van der Waals surface area contributed by atoms with Crippen LogP contribution in [0.15, 0.2) is 24.8 Å². The Morgan fingerprint density at radius 3 is 1.50 bits per heavy atom. The number of rotatable bonds is 2. The maximum Gasteiger partial charge on any atom is 0.257 e. The molecule has 0 amide bonds. The summed E-state index contributed by atoms with van der Waals surface area (Å²) in [7, 11) is 2.55. The molecule has 16 heavy (non-hydrogen) atoms. The molecule has 0 saturated heterocycles. The third-order valence-electron chi connectivity index (χ3n) is 2.75. The highest BCUT2D eigenvalue weighted by Gasteiger charge is 2.12. The molecule has 0 atom stereocenters. The fraction of sp³-hybridized carbons (Fsp3) is 0.333. The van der Waals surface area contributed by atoms with Gasteiger partial charge in [0.05, 0.1) is 0 Å². The van der Waals surface area contributed by atoms with Crippen LogP contribution in [-0.2, 0) is 14.1 Å². The fourth-order valence-corrected chi connectivity index (χ4v) is 4.75. The topological polar surface area (TPSA) is 19.7 Å². The molecule has 2 heterocycles. The molecule has 0 bridgehead atoms. The zero-order chi connectivity index (χ0) is 11.9. The third kappa shape index (κ3) is 1.74. The highest BCUT2D eigenvalue weighted by Crippen LogP contribution is 2.03. The van der Waals surface area contributed by atoms with E-state index in [1.165, 1.54) is 0 Å². The van der Waals surface area contributed by atoms with Crippen molar-refractivity contribution in [2.75, 3.05) is 0 Å². The molecule has 4 nitrogen and oxygen atoms in total. The van der Waals surface area contributed by atoms with Gasteiger partial charge in [-0.25, -0.2) is 0 Å². The number of nitrogens with zero attached hydrogens (tertiary/aromatic N) is 4. The third-order valence-corrected chi connectivity index (χ3v) is 6.57. The molecule has 0 N–H and O–H groups in total. The van der Waals surface area contributed by atoms with E-state index in [1.54, 1.807) is 0 Å². The van der Waals surface area contributed by atoms with Gasteiger partial charge in [0, 0.05) is 38.9 Å². The van der Waals surface area contributed by atoms with Gasteiger partial charge < -0.3 is 17.6 Å². The smallest absolute Gasteiger partial charge is 0.257 e. The molecule has 0 saturated carbocycles. The van der Waals surface area contributed by atoms with E-state index in [9.17, 15) is 0 Å². The summed E-state index contributed by atoms with van der Waals surface area (Å²) in [5.41, 5.74) is 0. The molecule has 86 valence electrons. The van der Waals surface area contributed by atoms with Crippen LogP contribution in [0, 0.1) is 9.54 Å². The number of imidazole rings is 2. The summed E-state index contributed by atoms with van der Waals surface area (Å²) in [5, 5.41) is 0. The summed E-state index contributed by atoms with van der Waals surface area (Å²) in [5.74, 6) is 0. The maximum atomic E-state index is 5.36. The van der Waals surface area contributed by atoms with Gasteiger partial charge >= 0.3 is 0 Å². The van der Waals surface area contributed by atoms with Crippen LogP contribution in [0.2, 0.25) is 6.55 Å². The van der Waals surface area contributed by atoms with Gasteiger partial charge in [0.15, 0.2) is 9.54 Å². The van der Waals surface area contributed by atoms with Crippen LogP contribution in [0.25, 0.3) is 0 Å². The molecule has 0 spiro atoms. The first-order valence-corrected chi connectivity index (χ1v) is 7.99. The molecule has 2 aromatic heterocycles. The van der Waals surface area contributed by atoms with E-state index >= 15 is 0 Å². The standard InChI is InChI=1S/C9H14N4S2Si/c1-10-4-6-12(8(10)14)16(3)13-7-5-11(2)9(13)15/h4-7,16H,1-3H3. The van der Waals surface area contributed by atoms with Crippen LogP contribution >= 0.6 is 24.4 Å². The summed E-state index contributed by atoms with van der Waals surface area (Å²) in [6.45, 7) is 2.21. The Labute approximate surface area is 106 Å². The lowest BCUT2D eigenvalue weighted by Crippen LogP contribution is -2.29. The van der Waals surface area contributed by atoms with Gasteiger partial charge in [-0.15, -0.1) is 0 Å². The van der Waals surface area contributed by atoms with Gasteiger partial charge in [-0.3, -0.25) is 0 Å². The molecule has 0 aliphatic rings. The van der Waals surface area contributed by atoms with Crippen molar-refractivity contribution in [2.45, 2.75) is 6.55 Å². The minimum Gasteiger partial charge on any atom is -0.335 e. The van der Waals surface area contributed by atoms with Crippen LogP contribution in [0.4, 0.5) is 0 Å². The molecule has 0 aliphatic carbocycles. The van der Waals surface area contributed by atoms with E-state index in [-0.39, 0.29) is 0 Å². The van der Waals surface area contributed by atoms with Crippen molar-refractivity contribution < 1.29 is 0 Å². The van der Waals surface area contributed by atoms with Gasteiger partial charge in [0.2, 0.25) is 0 Å². The number of hydrogen-bond donors (Lipinski definition) is 0. The Hall–Kier alpha value is -0.923. The molecule has 0 aromatic carbocycles. The van der Waals surface area contributed by atoms with Crippen molar-refractivity contribution in [1.82, 2.24) is 17.6 Å². The van der Waals surface area contributed by atoms with Crippen molar-refractivity contribution in [3.63, 3.8) is 0 Å². The predicted octanol–water partition coefficient (Wildman–Crippen LogP) is 1.67. The van der Waals surface area contributed by atoms with E-state index in [4.69, 9.17) is 24.4 Å². The molecular weight excluding hydrogens is 256 g/mol. The minimum atomic E-state index is -1.37. The van der Waals surface area contributed by atoms with Gasteiger partial charge in [0.1, 0.15) is 0 Å². The van der Waals surface area contributed by atoms with Crippen LogP contribution in [0.3, 0.4) is 0 Å². The largest absolute Gasteiger partial charge is 0.335 e. The lowest BCUT2D eigenvalue weighted by atomic mass is 10.9. The summed E-state index contributed by atoms with van der Waals surface area (Å²) in [6, 6.07) is 0. The second-order valence-electron chi connectivity index (χ2n) is 3.83. The molecule has 0 fully saturated rings. The summed E-state index contributed by atoms with van der Waals surface area (Å²) in [6.07, 6.45) is 8.04. The van der Waals surface area contributed by atoms with Crippen molar-refractivity contribution >= 4 is 33.6 Å². The fourth-order valence-electron chi connectivity index (χ4n) is 1.67. The van der Waals surface area contributed by atoms with E-state index in [0.717, 1.165) is 9.54 Å². The average molecular weight is 270 g/mol. The normalized spacial score (nSPS) is 11.2. The number of hydrogen-bond acceptors (Lipinski definition) is 2. The maximum absolute atomic E-state index is 5.36. The second kappa shape index (κ2) is 4.15. The Balaban J connectivity index is 2.51.